The molecule has 0 aliphatic carbocycles. The van der Waals surface area contributed by atoms with Crippen molar-refractivity contribution < 1.29 is 9.84 Å². The Hall–Kier alpha value is -3.76. The van der Waals surface area contributed by atoms with E-state index >= 15 is 0 Å². The van der Waals surface area contributed by atoms with Crippen molar-refractivity contribution in [3.05, 3.63) is 76.1 Å². The molecule has 1 unspecified atom stereocenters. The van der Waals surface area contributed by atoms with Gasteiger partial charge in [-0.15, -0.1) is 5.11 Å². The van der Waals surface area contributed by atoms with Gasteiger partial charge in [0.1, 0.15) is 11.6 Å². The molecular formula is C24H22N4O3. The summed E-state index contributed by atoms with van der Waals surface area (Å²) in [6.45, 7) is 2.39. The Morgan fingerprint density at radius 3 is 2.48 bits per heavy atom. The standard InChI is InChI=1S/C24H22N4O3/c1-16-21(14-25)23(29)28(15-20-8-5-13-31-20)24(30)22(16)27-26-19-11-9-18(10-12-19)17-6-3-2-4-7-17/h2-4,6-7,9-12,20,29H,5,8,13,15H2,1H3. The number of aromatic hydroxyl groups is 1. The summed E-state index contributed by atoms with van der Waals surface area (Å²) in [6, 6.07) is 19.4. The number of azo groups is 1. The molecule has 0 radical (unpaired) electrons. The average Bonchev–Trinajstić information content (AvgIpc) is 3.31. The highest BCUT2D eigenvalue weighted by molar-refractivity contribution is 5.65. The van der Waals surface area contributed by atoms with Crippen molar-refractivity contribution in [2.24, 2.45) is 10.2 Å². The van der Waals surface area contributed by atoms with Gasteiger partial charge in [0.25, 0.3) is 5.56 Å². The Labute approximate surface area is 179 Å². The fraction of sp³-hybridized carbons (Fsp3) is 0.250. The fourth-order valence-electron chi connectivity index (χ4n) is 3.68. The summed E-state index contributed by atoms with van der Waals surface area (Å²) >= 11 is 0. The maximum atomic E-state index is 13.0. The van der Waals surface area contributed by atoms with Gasteiger partial charge in [-0.1, -0.05) is 42.5 Å². The molecule has 4 rings (SSSR count). The van der Waals surface area contributed by atoms with Crippen LogP contribution in [0.25, 0.3) is 11.1 Å². The average molecular weight is 414 g/mol. The first kappa shape index (κ1) is 20.5. The molecule has 2 aromatic carbocycles. The number of hydrogen-bond acceptors (Lipinski definition) is 6. The molecule has 0 amide bonds. The van der Waals surface area contributed by atoms with Crippen LogP contribution in [0.3, 0.4) is 0 Å². The van der Waals surface area contributed by atoms with Gasteiger partial charge in [0.2, 0.25) is 5.88 Å². The van der Waals surface area contributed by atoms with Crippen LogP contribution in [0.15, 0.2) is 69.6 Å². The highest BCUT2D eigenvalue weighted by Gasteiger charge is 2.23. The summed E-state index contributed by atoms with van der Waals surface area (Å²) in [6.07, 6.45) is 1.53. The van der Waals surface area contributed by atoms with E-state index in [0.29, 0.717) is 17.9 Å². The maximum absolute atomic E-state index is 13.0. The number of rotatable bonds is 5. The zero-order valence-electron chi connectivity index (χ0n) is 17.2. The van der Waals surface area contributed by atoms with Crippen LogP contribution < -0.4 is 5.56 Å². The molecule has 3 aromatic rings. The van der Waals surface area contributed by atoms with Gasteiger partial charge in [-0.2, -0.15) is 10.4 Å². The van der Waals surface area contributed by atoms with Crippen LogP contribution in [0, 0.1) is 18.3 Å². The molecule has 1 saturated heterocycles. The van der Waals surface area contributed by atoms with Crippen LogP contribution in [0.1, 0.15) is 24.0 Å². The first-order valence-electron chi connectivity index (χ1n) is 10.1. The predicted molar refractivity (Wildman–Crippen MR) is 117 cm³/mol. The number of nitriles is 1. The lowest BCUT2D eigenvalue weighted by atomic mass is 10.1. The van der Waals surface area contributed by atoms with Crippen LogP contribution in [0.5, 0.6) is 5.88 Å². The van der Waals surface area contributed by atoms with E-state index in [2.05, 4.69) is 10.2 Å². The van der Waals surface area contributed by atoms with Gasteiger partial charge in [0, 0.05) is 12.2 Å². The van der Waals surface area contributed by atoms with Crippen LogP contribution in [0.4, 0.5) is 11.4 Å². The molecule has 31 heavy (non-hydrogen) atoms. The molecular weight excluding hydrogens is 392 g/mol. The summed E-state index contributed by atoms with van der Waals surface area (Å²) in [5, 5.41) is 28.3. The summed E-state index contributed by atoms with van der Waals surface area (Å²) in [4.78, 5) is 13.0. The second kappa shape index (κ2) is 8.94. The van der Waals surface area contributed by atoms with Gasteiger partial charge < -0.3 is 9.84 Å². The molecule has 1 aliphatic rings. The number of ether oxygens (including phenoxy) is 1. The zero-order valence-corrected chi connectivity index (χ0v) is 17.2. The van der Waals surface area contributed by atoms with E-state index in [9.17, 15) is 15.2 Å². The first-order valence-corrected chi connectivity index (χ1v) is 10.1. The lowest BCUT2D eigenvalue weighted by molar-refractivity contribution is 0.0939. The smallest absolute Gasteiger partial charge is 0.281 e. The molecule has 7 heteroatoms. The van der Waals surface area contributed by atoms with E-state index < -0.39 is 5.56 Å². The molecule has 7 nitrogen and oxygen atoms in total. The van der Waals surface area contributed by atoms with Gasteiger partial charge >= 0.3 is 0 Å². The fourth-order valence-corrected chi connectivity index (χ4v) is 3.68. The maximum Gasteiger partial charge on any atom is 0.281 e. The minimum Gasteiger partial charge on any atom is -0.493 e. The highest BCUT2D eigenvalue weighted by atomic mass is 16.5. The van der Waals surface area contributed by atoms with Gasteiger partial charge in [-0.05, 0) is 43.0 Å². The third-order valence-electron chi connectivity index (χ3n) is 5.42. The zero-order chi connectivity index (χ0) is 21.8. The molecule has 1 atom stereocenters. The lowest BCUT2D eigenvalue weighted by Gasteiger charge is -2.16. The van der Waals surface area contributed by atoms with Crippen LogP contribution in [-0.4, -0.2) is 22.4 Å². The monoisotopic (exact) mass is 414 g/mol. The largest absolute Gasteiger partial charge is 0.493 e. The van der Waals surface area contributed by atoms with E-state index in [-0.39, 0.29) is 29.8 Å². The Kier molecular flexibility index (Phi) is 5.92. The van der Waals surface area contributed by atoms with E-state index in [4.69, 9.17) is 4.74 Å². The number of pyridine rings is 1. The molecule has 1 N–H and O–H groups in total. The normalized spacial score (nSPS) is 15.9. The van der Waals surface area contributed by atoms with Crippen molar-refractivity contribution in [1.82, 2.24) is 4.57 Å². The summed E-state index contributed by atoms with van der Waals surface area (Å²) in [5.41, 5.74) is 2.59. The molecule has 156 valence electrons. The predicted octanol–water partition coefficient (Wildman–Crippen LogP) is 5.00. The van der Waals surface area contributed by atoms with Crippen molar-refractivity contribution in [3.8, 4) is 23.1 Å². The molecule has 0 spiro atoms. The third kappa shape index (κ3) is 4.25. The SMILES string of the molecule is Cc1c(C#N)c(O)n(CC2CCCO2)c(=O)c1N=Nc1ccc(-c2ccccc2)cc1. The first-order chi connectivity index (χ1) is 15.1. The number of nitrogens with zero attached hydrogens (tertiary/aromatic N) is 4. The second-order valence-corrected chi connectivity index (χ2v) is 7.45. The summed E-state index contributed by atoms with van der Waals surface area (Å²) < 4.78 is 6.74. The van der Waals surface area contributed by atoms with Crippen molar-refractivity contribution in [2.45, 2.75) is 32.4 Å². The van der Waals surface area contributed by atoms with E-state index in [1.807, 2.05) is 60.7 Å². The van der Waals surface area contributed by atoms with Crippen molar-refractivity contribution in [2.75, 3.05) is 6.61 Å². The quantitative estimate of drug-likeness (QED) is 0.594. The van der Waals surface area contributed by atoms with Gasteiger partial charge in [0.15, 0.2) is 5.69 Å². The molecule has 0 saturated carbocycles. The van der Waals surface area contributed by atoms with Gasteiger partial charge in [-0.3, -0.25) is 9.36 Å². The van der Waals surface area contributed by atoms with E-state index in [1.54, 1.807) is 6.92 Å². The van der Waals surface area contributed by atoms with Crippen molar-refractivity contribution in [1.29, 1.82) is 5.26 Å². The second-order valence-electron chi connectivity index (χ2n) is 7.45. The van der Waals surface area contributed by atoms with Crippen molar-refractivity contribution in [3.63, 3.8) is 0 Å². The Morgan fingerprint density at radius 2 is 1.84 bits per heavy atom. The minimum atomic E-state index is -0.492. The third-order valence-corrected chi connectivity index (χ3v) is 5.42. The number of hydrogen-bond donors (Lipinski definition) is 1. The molecule has 1 fully saturated rings. The molecule has 2 heterocycles. The number of benzene rings is 2. The van der Waals surface area contributed by atoms with Crippen LogP contribution in [0.2, 0.25) is 0 Å². The highest BCUT2D eigenvalue weighted by Crippen LogP contribution is 2.29. The van der Waals surface area contributed by atoms with Crippen molar-refractivity contribution >= 4 is 11.4 Å². The molecule has 1 aliphatic heterocycles. The molecule has 0 bridgehead atoms. The van der Waals surface area contributed by atoms with Crippen LogP contribution >= 0.6 is 0 Å². The summed E-state index contributed by atoms with van der Waals surface area (Å²) in [5.74, 6) is -0.355. The lowest BCUT2D eigenvalue weighted by Crippen LogP contribution is -2.27. The summed E-state index contributed by atoms with van der Waals surface area (Å²) in [7, 11) is 0. The Balaban J connectivity index is 1.66. The Bertz CT molecular complexity index is 1200. The van der Waals surface area contributed by atoms with Gasteiger partial charge in [0.05, 0.1) is 18.3 Å². The van der Waals surface area contributed by atoms with E-state index in [0.717, 1.165) is 28.5 Å². The Morgan fingerprint density at radius 1 is 1.13 bits per heavy atom. The van der Waals surface area contributed by atoms with E-state index in [1.165, 1.54) is 0 Å². The number of aromatic nitrogens is 1. The topological polar surface area (TPSA) is 100.0 Å². The minimum absolute atomic E-state index is 0.0194. The van der Waals surface area contributed by atoms with Gasteiger partial charge in [-0.25, -0.2) is 0 Å². The van der Waals surface area contributed by atoms with Crippen LogP contribution in [-0.2, 0) is 11.3 Å². The molecule has 1 aromatic heterocycles.